The van der Waals surface area contributed by atoms with Gasteiger partial charge in [0.2, 0.25) is 15.9 Å². The highest BCUT2D eigenvalue weighted by molar-refractivity contribution is 7.92. The molecular formula is C21H26N6O3S. The predicted molar refractivity (Wildman–Crippen MR) is 120 cm³/mol. The second-order valence-electron chi connectivity index (χ2n) is 8.23. The van der Waals surface area contributed by atoms with E-state index in [0.29, 0.717) is 17.5 Å². The Balaban J connectivity index is 1.94. The van der Waals surface area contributed by atoms with Crippen LogP contribution in [-0.4, -0.2) is 46.9 Å². The van der Waals surface area contributed by atoms with Crippen LogP contribution in [0, 0.1) is 6.92 Å². The lowest BCUT2D eigenvalue weighted by Crippen LogP contribution is -2.38. The van der Waals surface area contributed by atoms with Crippen LogP contribution in [-0.2, 0) is 20.2 Å². The lowest BCUT2D eigenvalue weighted by molar-refractivity contribution is -0.114. The van der Waals surface area contributed by atoms with E-state index in [4.69, 9.17) is 0 Å². The molecule has 1 amide bonds. The molecule has 2 aromatic heterocycles. The molecule has 9 nitrogen and oxygen atoms in total. The lowest BCUT2D eigenvalue weighted by Gasteiger charge is -2.23. The second-order valence-corrected chi connectivity index (χ2v) is 10.1. The van der Waals surface area contributed by atoms with Crippen molar-refractivity contribution in [2.75, 3.05) is 22.4 Å². The summed E-state index contributed by atoms with van der Waals surface area (Å²) in [5.41, 5.74) is 1.66. The number of hydrogen-bond acceptors (Lipinski definition) is 6. The van der Waals surface area contributed by atoms with Crippen LogP contribution < -0.4 is 9.62 Å². The Morgan fingerprint density at radius 2 is 1.77 bits per heavy atom. The minimum Gasteiger partial charge on any atom is -0.309 e. The van der Waals surface area contributed by atoms with Crippen molar-refractivity contribution in [2.45, 2.75) is 33.1 Å². The molecule has 0 unspecified atom stereocenters. The summed E-state index contributed by atoms with van der Waals surface area (Å²) >= 11 is 0. The second kappa shape index (κ2) is 8.46. The molecule has 0 atom stereocenters. The third-order valence-electron chi connectivity index (χ3n) is 4.56. The third-order valence-corrected chi connectivity index (χ3v) is 5.69. The van der Waals surface area contributed by atoms with E-state index < -0.39 is 15.9 Å². The van der Waals surface area contributed by atoms with E-state index in [2.05, 4.69) is 20.4 Å². The Bertz CT molecular complexity index is 1180. The van der Waals surface area contributed by atoms with E-state index in [9.17, 15) is 13.2 Å². The van der Waals surface area contributed by atoms with Gasteiger partial charge in [0.25, 0.3) is 5.95 Å². The van der Waals surface area contributed by atoms with Crippen LogP contribution >= 0.6 is 0 Å². The largest absolute Gasteiger partial charge is 0.309 e. The van der Waals surface area contributed by atoms with Crippen molar-refractivity contribution < 1.29 is 13.2 Å². The van der Waals surface area contributed by atoms with E-state index in [1.165, 1.54) is 4.68 Å². The average molecular weight is 443 g/mol. The molecule has 164 valence electrons. The molecule has 0 aliphatic rings. The topological polar surface area (TPSA) is 110 Å². The molecular weight excluding hydrogens is 416 g/mol. The smallest absolute Gasteiger partial charge is 0.252 e. The standard InChI is InChI=1S/C21H26N6O3S/c1-15-9-6-7-10-16(15)26(31(5,29)30)14-19(28)24-18-13-17(21(2,3)4)25-27(18)20-22-11-8-12-23-20/h6-13H,14H2,1-5H3,(H,24,28). The number of hydrogen-bond donors (Lipinski definition) is 1. The number of rotatable bonds is 6. The first-order chi connectivity index (χ1) is 14.5. The molecule has 0 saturated carbocycles. The van der Waals surface area contributed by atoms with Gasteiger partial charge in [0.1, 0.15) is 12.4 Å². The summed E-state index contributed by atoms with van der Waals surface area (Å²) in [4.78, 5) is 21.3. The fourth-order valence-corrected chi connectivity index (χ4v) is 3.84. The Hall–Kier alpha value is -3.27. The van der Waals surface area contributed by atoms with E-state index in [0.717, 1.165) is 21.8 Å². The van der Waals surface area contributed by atoms with Gasteiger partial charge < -0.3 is 5.32 Å². The number of nitrogens with zero attached hydrogens (tertiary/aromatic N) is 5. The fourth-order valence-electron chi connectivity index (χ4n) is 2.93. The number of anilines is 2. The number of benzene rings is 1. The fraction of sp³-hybridized carbons (Fsp3) is 0.333. The van der Waals surface area contributed by atoms with Crippen molar-refractivity contribution in [1.82, 2.24) is 19.7 Å². The van der Waals surface area contributed by atoms with Gasteiger partial charge in [-0.2, -0.15) is 9.78 Å². The Kier molecular flexibility index (Phi) is 6.12. The molecule has 0 aliphatic heterocycles. The van der Waals surface area contributed by atoms with Crippen molar-refractivity contribution in [3.63, 3.8) is 0 Å². The number of nitrogens with one attached hydrogen (secondary N) is 1. The van der Waals surface area contributed by atoms with Crippen molar-refractivity contribution in [1.29, 1.82) is 0 Å². The number of para-hydroxylation sites is 1. The molecule has 0 spiro atoms. The van der Waals surface area contributed by atoms with E-state index in [1.54, 1.807) is 49.6 Å². The van der Waals surface area contributed by atoms with Gasteiger partial charge in [0, 0.05) is 23.9 Å². The van der Waals surface area contributed by atoms with E-state index in [1.807, 2.05) is 26.8 Å². The molecule has 10 heteroatoms. The molecule has 1 aromatic carbocycles. The van der Waals surface area contributed by atoms with E-state index in [-0.39, 0.29) is 12.0 Å². The first kappa shape index (κ1) is 22.4. The maximum Gasteiger partial charge on any atom is 0.252 e. The van der Waals surface area contributed by atoms with Crippen molar-refractivity contribution in [3.05, 3.63) is 60.0 Å². The van der Waals surface area contributed by atoms with Gasteiger partial charge in [-0.05, 0) is 24.6 Å². The van der Waals surface area contributed by atoms with Gasteiger partial charge in [0.05, 0.1) is 17.6 Å². The first-order valence-corrected chi connectivity index (χ1v) is 11.5. The highest BCUT2D eigenvalue weighted by Crippen LogP contribution is 2.26. The minimum absolute atomic E-state index is 0.278. The van der Waals surface area contributed by atoms with Gasteiger partial charge in [-0.1, -0.05) is 39.0 Å². The zero-order valence-corrected chi connectivity index (χ0v) is 19.0. The Morgan fingerprint density at radius 1 is 1.13 bits per heavy atom. The van der Waals surface area contributed by atoms with Gasteiger partial charge >= 0.3 is 0 Å². The van der Waals surface area contributed by atoms with Crippen LogP contribution in [0.5, 0.6) is 0 Å². The molecule has 31 heavy (non-hydrogen) atoms. The normalized spacial score (nSPS) is 11.9. The Labute approximate surface area is 182 Å². The van der Waals surface area contributed by atoms with Gasteiger partial charge in [-0.15, -0.1) is 0 Å². The summed E-state index contributed by atoms with van der Waals surface area (Å²) in [6.45, 7) is 7.42. The minimum atomic E-state index is -3.68. The molecule has 0 aliphatic carbocycles. The number of amides is 1. The summed E-state index contributed by atoms with van der Waals surface area (Å²) in [7, 11) is -3.68. The summed E-state index contributed by atoms with van der Waals surface area (Å²) in [5.74, 6) is 0.151. The number of sulfonamides is 1. The monoisotopic (exact) mass is 442 g/mol. The van der Waals surface area contributed by atoms with Gasteiger partial charge in [0.15, 0.2) is 0 Å². The SMILES string of the molecule is Cc1ccccc1N(CC(=O)Nc1cc(C(C)(C)C)nn1-c1ncccn1)S(C)(=O)=O. The predicted octanol–water partition coefficient (Wildman–Crippen LogP) is 2.67. The van der Waals surface area contributed by atoms with Gasteiger partial charge in [-0.25, -0.2) is 18.4 Å². The summed E-state index contributed by atoms with van der Waals surface area (Å²) in [5, 5.41) is 7.32. The van der Waals surface area contributed by atoms with Crippen molar-refractivity contribution in [3.8, 4) is 5.95 Å². The number of carbonyl (C=O) groups is 1. The molecule has 1 N–H and O–H groups in total. The van der Waals surface area contributed by atoms with Crippen LogP contribution in [0.1, 0.15) is 32.0 Å². The third kappa shape index (κ3) is 5.26. The van der Waals surface area contributed by atoms with Crippen LogP contribution in [0.2, 0.25) is 0 Å². The summed E-state index contributed by atoms with van der Waals surface area (Å²) in [6.07, 6.45) is 4.23. The maximum absolute atomic E-state index is 12.9. The lowest BCUT2D eigenvalue weighted by atomic mass is 9.92. The van der Waals surface area contributed by atoms with Crippen LogP contribution in [0.4, 0.5) is 11.5 Å². The summed E-state index contributed by atoms with van der Waals surface area (Å²) in [6, 6.07) is 10.4. The van der Waals surface area contributed by atoms with E-state index >= 15 is 0 Å². The van der Waals surface area contributed by atoms with Crippen molar-refractivity contribution in [2.24, 2.45) is 0 Å². The highest BCUT2D eigenvalue weighted by atomic mass is 32.2. The quantitative estimate of drug-likeness (QED) is 0.628. The average Bonchev–Trinajstić information content (AvgIpc) is 3.11. The molecule has 0 radical (unpaired) electrons. The molecule has 0 fully saturated rings. The highest BCUT2D eigenvalue weighted by Gasteiger charge is 2.25. The zero-order chi connectivity index (χ0) is 22.8. The Morgan fingerprint density at radius 3 is 2.35 bits per heavy atom. The summed E-state index contributed by atoms with van der Waals surface area (Å²) < 4.78 is 27.3. The number of aryl methyl sites for hydroxylation is 1. The zero-order valence-electron chi connectivity index (χ0n) is 18.2. The number of aromatic nitrogens is 4. The van der Waals surface area contributed by atoms with Crippen LogP contribution in [0.3, 0.4) is 0 Å². The molecule has 0 bridgehead atoms. The van der Waals surface area contributed by atoms with Gasteiger partial charge in [-0.3, -0.25) is 9.10 Å². The number of carbonyl (C=O) groups excluding carboxylic acids is 1. The van der Waals surface area contributed by atoms with Crippen LogP contribution in [0.25, 0.3) is 5.95 Å². The van der Waals surface area contributed by atoms with Crippen molar-refractivity contribution >= 4 is 27.4 Å². The molecule has 2 heterocycles. The molecule has 3 aromatic rings. The van der Waals surface area contributed by atoms with Crippen LogP contribution in [0.15, 0.2) is 48.8 Å². The molecule has 3 rings (SSSR count). The first-order valence-electron chi connectivity index (χ1n) is 9.68. The maximum atomic E-state index is 12.9. The molecule has 0 saturated heterocycles.